The highest BCUT2D eigenvalue weighted by Crippen LogP contribution is 2.15. The molecule has 0 fully saturated rings. The van der Waals surface area contributed by atoms with Crippen molar-refractivity contribution in [3.63, 3.8) is 0 Å². The highest BCUT2D eigenvalue weighted by atomic mass is 32.2. The predicted octanol–water partition coefficient (Wildman–Crippen LogP) is 1.32. The summed E-state index contributed by atoms with van der Waals surface area (Å²) in [6, 6.07) is 5.12. The van der Waals surface area contributed by atoms with Crippen molar-refractivity contribution < 1.29 is 23.1 Å². The lowest BCUT2D eigenvalue weighted by molar-refractivity contribution is -0.146. The second-order valence-corrected chi connectivity index (χ2v) is 7.31. The van der Waals surface area contributed by atoms with Crippen molar-refractivity contribution in [1.29, 1.82) is 0 Å². The number of carboxylic acids is 1. The van der Waals surface area contributed by atoms with Gasteiger partial charge in [-0.2, -0.15) is 0 Å². The van der Waals surface area contributed by atoms with Crippen LogP contribution in [0.2, 0.25) is 0 Å². The fourth-order valence-corrected chi connectivity index (χ4v) is 1.97. The molecule has 0 aliphatic carbocycles. The number of sulfone groups is 1. The molecule has 0 atom stereocenters. The van der Waals surface area contributed by atoms with Gasteiger partial charge in [0, 0.05) is 18.5 Å². The van der Waals surface area contributed by atoms with Crippen LogP contribution in [0.1, 0.15) is 13.8 Å². The Morgan fingerprint density at radius 1 is 1.19 bits per heavy atom. The molecule has 0 heterocycles. The van der Waals surface area contributed by atoms with E-state index in [1.807, 2.05) is 0 Å². The third-order valence-electron chi connectivity index (χ3n) is 2.81. The summed E-state index contributed by atoms with van der Waals surface area (Å²) in [6.07, 6.45) is 1.09. The van der Waals surface area contributed by atoms with Crippen LogP contribution in [0, 0.1) is 5.41 Å². The predicted molar refractivity (Wildman–Crippen MR) is 78.0 cm³/mol. The van der Waals surface area contributed by atoms with Gasteiger partial charge in [0.05, 0.1) is 10.3 Å². The Hall–Kier alpha value is -2.09. The molecule has 21 heavy (non-hydrogen) atoms. The topological polar surface area (TPSA) is 113 Å². The van der Waals surface area contributed by atoms with Crippen molar-refractivity contribution in [2.24, 2.45) is 5.41 Å². The van der Waals surface area contributed by atoms with E-state index in [9.17, 15) is 18.0 Å². The van der Waals surface area contributed by atoms with Gasteiger partial charge in [-0.25, -0.2) is 13.2 Å². The average molecular weight is 314 g/mol. The number of benzene rings is 1. The van der Waals surface area contributed by atoms with Gasteiger partial charge < -0.3 is 15.7 Å². The number of hydrogen-bond acceptors (Lipinski definition) is 4. The van der Waals surface area contributed by atoms with E-state index in [1.165, 1.54) is 38.1 Å². The zero-order valence-electron chi connectivity index (χ0n) is 12.0. The van der Waals surface area contributed by atoms with Gasteiger partial charge >= 0.3 is 12.0 Å². The Balaban J connectivity index is 2.62. The number of nitrogens with one attached hydrogen (secondary N) is 2. The van der Waals surface area contributed by atoms with Gasteiger partial charge in [0.15, 0.2) is 9.84 Å². The van der Waals surface area contributed by atoms with Crippen LogP contribution in [0.3, 0.4) is 0 Å². The van der Waals surface area contributed by atoms with Gasteiger partial charge in [-0.05, 0) is 38.1 Å². The van der Waals surface area contributed by atoms with Crippen molar-refractivity contribution in [3.05, 3.63) is 24.3 Å². The normalized spacial score (nSPS) is 11.8. The van der Waals surface area contributed by atoms with E-state index in [2.05, 4.69) is 10.6 Å². The van der Waals surface area contributed by atoms with Gasteiger partial charge in [0.25, 0.3) is 0 Å². The number of carbonyl (C=O) groups is 2. The average Bonchev–Trinajstić information content (AvgIpc) is 2.36. The quantitative estimate of drug-likeness (QED) is 0.758. The van der Waals surface area contributed by atoms with Crippen LogP contribution in [0.4, 0.5) is 10.5 Å². The molecule has 0 aliphatic rings. The van der Waals surface area contributed by atoms with Crippen molar-refractivity contribution in [1.82, 2.24) is 5.32 Å². The van der Waals surface area contributed by atoms with Gasteiger partial charge in [-0.3, -0.25) is 4.79 Å². The number of carbonyl (C=O) groups excluding carboxylic acids is 1. The maximum atomic E-state index is 11.6. The number of rotatable bonds is 5. The minimum absolute atomic E-state index is 0.0322. The molecule has 8 heteroatoms. The van der Waals surface area contributed by atoms with E-state index in [1.54, 1.807) is 0 Å². The summed E-state index contributed by atoms with van der Waals surface area (Å²) >= 11 is 0. The molecular weight excluding hydrogens is 296 g/mol. The fraction of sp³-hybridized carbons (Fsp3) is 0.385. The maximum Gasteiger partial charge on any atom is 0.319 e. The van der Waals surface area contributed by atoms with Gasteiger partial charge in [-0.1, -0.05) is 0 Å². The first-order valence-electron chi connectivity index (χ1n) is 6.11. The highest BCUT2D eigenvalue weighted by molar-refractivity contribution is 7.90. The number of urea groups is 1. The Morgan fingerprint density at radius 2 is 1.71 bits per heavy atom. The lowest BCUT2D eigenvalue weighted by Crippen LogP contribution is -2.40. The fourth-order valence-electron chi connectivity index (χ4n) is 1.34. The second-order valence-electron chi connectivity index (χ2n) is 5.29. The number of anilines is 1. The minimum atomic E-state index is -3.28. The SMILES string of the molecule is CC(C)(CNC(=O)Nc1ccc(S(C)(=O)=O)cc1)C(=O)O. The van der Waals surface area contributed by atoms with Crippen LogP contribution < -0.4 is 10.6 Å². The van der Waals surface area contributed by atoms with Crippen LogP contribution in [-0.2, 0) is 14.6 Å². The van der Waals surface area contributed by atoms with E-state index < -0.39 is 27.3 Å². The molecule has 0 aromatic heterocycles. The number of carboxylic acid groups (broad SMARTS) is 1. The summed E-state index contributed by atoms with van der Waals surface area (Å²) < 4.78 is 22.6. The second kappa shape index (κ2) is 6.13. The Morgan fingerprint density at radius 3 is 2.14 bits per heavy atom. The van der Waals surface area contributed by atoms with E-state index in [-0.39, 0.29) is 11.4 Å². The van der Waals surface area contributed by atoms with Crippen molar-refractivity contribution in [3.8, 4) is 0 Å². The van der Waals surface area contributed by atoms with Crippen LogP contribution >= 0.6 is 0 Å². The molecular formula is C13H18N2O5S. The van der Waals surface area contributed by atoms with Crippen molar-refractivity contribution in [2.75, 3.05) is 18.1 Å². The number of amides is 2. The van der Waals surface area contributed by atoms with Gasteiger partial charge in [0.2, 0.25) is 0 Å². The molecule has 0 aliphatic heterocycles. The van der Waals surface area contributed by atoms with E-state index in [0.717, 1.165) is 6.26 Å². The maximum absolute atomic E-state index is 11.6. The standard InChI is InChI=1S/C13H18N2O5S/c1-13(2,11(16)17)8-14-12(18)15-9-4-6-10(7-5-9)21(3,19)20/h4-7H,8H2,1-3H3,(H,16,17)(H2,14,15,18). The van der Waals surface area contributed by atoms with Crippen molar-refractivity contribution in [2.45, 2.75) is 18.7 Å². The highest BCUT2D eigenvalue weighted by Gasteiger charge is 2.27. The van der Waals surface area contributed by atoms with Crippen LogP contribution in [0.25, 0.3) is 0 Å². The largest absolute Gasteiger partial charge is 0.481 e. The third kappa shape index (κ3) is 5.07. The molecule has 0 radical (unpaired) electrons. The van der Waals surface area contributed by atoms with Crippen LogP contribution in [0.5, 0.6) is 0 Å². The molecule has 1 aromatic carbocycles. The van der Waals surface area contributed by atoms with E-state index >= 15 is 0 Å². The molecule has 2 amide bonds. The zero-order valence-corrected chi connectivity index (χ0v) is 12.8. The molecule has 1 aromatic rings. The van der Waals surface area contributed by atoms with Gasteiger partial charge in [0.1, 0.15) is 0 Å². The Labute approximate surface area is 123 Å². The van der Waals surface area contributed by atoms with Crippen LogP contribution in [0.15, 0.2) is 29.2 Å². The lowest BCUT2D eigenvalue weighted by atomic mass is 9.94. The summed E-state index contributed by atoms with van der Waals surface area (Å²) in [5, 5.41) is 13.9. The number of aliphatic carboxylic acids is 1. The lowest BCUT2D eigenvalue weighted by Gasteiger charge is -2.19. The minimum Gasteiger partial charge on any atom is -0.481 e. The van der Waals surface area contributed by atoms with E-state index in [4.69, 9.17) is 5.11 Å². The van der Waals surface area contributed by atoms with Crippen molar-refractivity contribution >= 4 is 27.5 Å². The molecule has 0 unspecified atom stereocenters. The summed E-state index contributed by atoms with van der Waals surface area (Å²) in [5.41, 5.74) is -0.662. The molecule has 3 N–H and O–H groups in total. The molecule has 116 valence electrons. The first-order valence-corrected chi connectivity index (χ1v) is 8.00. The van der Waals surface area contributed by atoms with E-state index in [0.29, 0.717) is 5.69 Å². The van der Waals surface area contributed by atoms with Gasteiger partial charge in [-0.15, -0.1) is 0 Å². The molecule has 0 saturated heterocycles. The first-order chi connectivity index (χ1) is 9.52. The first kappa shape index (κ1) is 17.0. The smallest absolute Gasteiger partial charge is 0.319 e. The third-order valence-corrected chi connectivity index (χ3v) is 3.94. The summed E-state index contributed by atoms with van der Waals surface area (Å²) in [6.45, 7) is 2.96. The summed E-state index contributed by atoms with van der Waals surface area (Å²) in [7, 11) is -3.28. The number of hydrogen-bond donors (Lipinski definition) is 3. The molecule has 0 saturated carbocycles. The Kier molecular flexibility index (Phi) is 4.95. The molecule has 0 spiro atoms. The summed E-state index contributed by atoms with van der Waals surface area (Å²) in [4.78, 5) is 22.7. The molecule has 0 bridgehead atoms. The molecule has 1 rings (SSSR count). The molecule has 7 nitrogen and oxygen atoms in total. The summed E-state index contributed by atoms with van der Waals surface area (Å²) in [5.74, 6) is -1.01. The Bertz CT molecular complexity index is 635. The van der Waals surface area contributed by atoms with Crippen LogP contribution in [-0.4, -0.2) is 38.3 Å². The zero-order chi connectivity index (χ0) is 16.3. The monoisotopic (exact) mass is 314 g/mol.